The van der Waals surface area contributed by atoms with Crippen LogP contribution in [-0.2, 0) is 6.54 Å². The average molecular weight is 412 g/mol. The number of halogens is 2. The Balaban J connectivity index is 2.17. The third-order valence-corrected chi connectivity index (χ3v) is 3.78. The highest BCUT2D eigenvalue weighted by molar-refractivity contribution is 9.10. The number of benzene rings is 2. The fraction of sp³-hybridized carbons (Fsp3) is 0.235. The maximum absolute atomic E-state index is 13.8. The fourth-order valence-electron chi connectivity index (χ4n) is 1.95. The van der Waals surface area contributed by atoms with Gasteiger partial charge >= 0.3 is 0 Å². The smallest absolute Gasteiger partial charge is 0.196 e. The molecule has 0 aromatic heterocycles. The van der Waals surface area contributed by atoms with Crippen LogP contribution in [0.5, 0.6) is 5.75 Å². The van der Waals surface area contributed by atoms with E-state index in [1.165, 1.54) is 12.1 Å². The molecule has 2 aromatic carbocycles. The molecule has 2 rings (SSSR count). The minimum absolute atomic E-state index is 0.0216. The molecule has 1 unspecified atom stereocenters. The minimum Gasteiger partial charge on any atom is -0.506 e. The van der Waals surface area contributed by atoms with Gasteiger partial charge in [-0.05, 0) is 30.3 Å². The molecule has 0 saturated carbocycles. The molecule has 0 spiro atoms. The predicted molar refractivity (Wildman–Crippen MR) is 98.1 cm³/mol. The summed E-state index contributed by atoms with van der Waals surface area (Å²) in [6, 6.07) is 11.1. The molecule has 5 N–H and O–H groups in total. The van der Waals surface area contributed by atoms with E-state index in [1.54, 1.807) is 30.3 Å². The normalized spacial score (nSPS) is 12.7. The van der Waals surface area contributed by atoms with Gasteiger partial charge in [-0.25, -0.2) is 9.38 Å². The van der Waals surface area contributed by atoms with Crippen molar-refractivity contribution in [3.05, 3.63) is 58.3 Å². The first-order valence-electron chi connectivity index (χ1n) is 7.55. The molecule has 2 aromatic rings. The van der Waals surface area contributed by atoms with Gasteiger partial charge in [-0.2, -0.15) is 0 Å². The molecule has 6 nitrogen and oxygen atoms in total. The molecule has 0 aliphatic heterocycles. The summed E-state index contributed by atoms with van der Waals surface area (Å²) >= 11 is 3.29. The first-order valence-corrected chi connectivity index (χ1v) is 8.35. The van der Waals surface area contributed by atoms with Gasteiger partial charge in [-0.3, -0.25) is 0 Å². The Labute approximate surface area is 153 Å². The lowest BCUT2D eigenvalue weighted by atomic mass is 10.2. The second-order valence-corrected chi connectivity index (χ2v) is 6.18. The zero-order chi connectivity index (χ0) is 18.2. The summed E-state index contributed by atoms with van der Waals surface area (Å²) in [5, 5.41) is 34.0. The van der Waals surface area contributed by atoms with Crippen LogP contribution in [0.4, 0.5) is 10.1 Å². The van der Waals surface area contributed by atoms with Gasteiger partial charge in [0.15, 0.2) is 5.96 Å². The number of guanidine groups is 1. The Kier molecular flexibility index (Phi) is 7.17. The second kappa shape index (κ2) is 9.36. The van der Waals surface area contributed by atoms with Crippen LogP contribution in [0.2, 0.25) is 0 Å². The highest BCUT2D eigenvalue weighted by atomic mass is 79.9. The van der Waals surface area contributed by atoms with Crippen LogP contribution < -0.4 is 10.6 Å². The van der Waals surface area contributed by atoms with Crippen molar-refractivity contribution in [1.29, 1.82) is 0 Å². The minimum atomic E-state index is -0.973. The van der Waals surface area contributed by atoms with Gasteiger partial charge in [0.25, 0.3) is 0 Å². The molecular weight excluding hydrogens is 393 g/mol. The van der Waals surface area contributed by atoms with E-state index in [4.69, 9.17) is 5.11 Å². The monoisotopic (exact) mass is 411 g/mol. The maximum Gasteiger partial charge on any atom is 0.196 e. The molecule has 0 fully saturated rings. The van der Waals surface area contributed by atoms with Gasteiger partial charge in [0.2, 0.25) is 0 Å². The van der Waals surface area contributed by atoms with Crippen LogP contribution in [0.25, 0.3) is 0 Å². The quantitative estimate of drug-likeness (QED) is 0.285. The molecule has 0 aliphatic carbocycles. The average Bonchev–Trinajstić information content (AvgIpc) is 2.61. The zero-order valence-corrected chi connectivity index (χ0v) is 14.9. The van der Waals surface area contributed by atoms with E-state index in [0.717, 1.165) is 4.47 Å². The Bertz CT molecular complexity index is 743. The number of aliphatic hydroxyl groups is 2. The summed E-state index contributed by atoms with van der Waals surface area (Å²) in [6.45, 7) is -0.322. The highest BCUT2D eigenvalue weighted by Gasteiger charge is 2.08. The van der Waals surface area contributed by atoms with E-state index in [9.17, 15) is 14.6 Å². The molecule has 0 amide bonds. The van der Waals surface area contributed by atoms with E-state index in [2.05, 4.69) is 31.6 Å². The number of phenols is 1. The Morgan fingerprint density at radius 2 is 2.00 bits per heavy atom. The van der Waals surface area contributed by atoms with Crippen molar-refractivity contribution in [2.45, 2.75) is 12.6 Å². The van der Waals surface area contributed by atoms with Crippen molar-refractivity contribution < 1.29 is 19.7 Å². The summed E-state index contributed by atoms with van der Waals surface area (Å²) in [5.41, 5.74) is 0.789. The van der Waals surface area contributed by atoms with Crippen LogP contribution >= 0.6 is 15.9 Å². The molecule has 8 heteroatoms. The summed E-state index contributed by atoms with van der Waals surface area (Å²) in [5.74, 6) is -0.133. The second-order valence-electron chi connectivity index (χ2n) is 5.26. The van der Waals surface area contributed by atoms with Crippen molar-refractivity contribution in [3.63, 3.8) is 0 Å². The fourth-order valence-corrected chi connectivity index (χ4v) is 2.36. The van der Waals surface area contributed by atoms with E-state index in [-0.39, 0.29) is 30.6 Å². The van der Waals surface area contributed by atoms with Crippen molar-refractivity contribution in [2.75, 3.05) is 18.5 Å². The number of phenolic OH excluding ortho intramolecular Hbond substituents is 1. The van der Waals surface area contributed by atoms with Crippen molar-refractivity contribution in [1.82, 2.24) is 5.32 Å². The van der Waals surface area contributed by atoms with Crippen LogP contribution in [0.3, 0.4) is 0 Å². The van der Waals surface area contributed by atoms with Crippen molar-refractivity contribution in [3.8, 4) is 5.75 Å². The third-order valence-electron chi connectivity index (χ3n) is 3.29. The topological polar surface area (TPSA) is 97.1 Å². The Morgan fingerprint density at radius 1 is 1.24 bits per heavy atom. The predicted octanol–water partition coefficient (Wildman–Crippen LogP) is 2.20. The third kappa shape index (κ3) is 6.00. The number of nitrogens with one attached hydrogen (secondary N) is 2. The Morgan fingerprint density at radius 3 is 2.72 bits per heavy atom. The molecule has 0 bridgehead atoms. The maximum atomic E-state index is 13.8. The molecule has 1 atom stereocenters. The molecule has 25 heavy (non-hydrogen) atoms. The van der Waals surface area contributed by atoms with Gasteiger partial charge in [0.1, 0.15) is 11.6 Å². The number of aliphatic imine (C=N–C) groups is 1. The summed E-state index contributed by atoms with van der Waals surface area (Å²) in [7, 11) is 0. The van der Waals surface area contributed by atoms with E-state index in [1.807, 2.05) is 0 Å². The summed E-state index contributed by atoms with van der Waals surface area (Å²) in [6.07, 6.45) is -0.973. The largest absolute Gasteiger partial charge is 0.506 e. The van der Waals surface area contributed by atoms with E-state index < -0.39 is 12.7 Å². The van der Waals surface area contributed by atoms with E-state index in [0.29, 0.717) is 11.3 Å². The van der Waals surface area contributed by atoms with E-state index >= 15 is 0 Å². The standard InChI is InChI=1S/C17H19BrFN3O3/c18-12-5-6-14(19)11(7-12)8-20-17(21-9-13(24)10-23)22-15-3-1-2-4-16(15)25/h1-7,13,23-25H,8-10H2,(H2,20,21,22). The molecular formula is C17H19BrFN3O3. The summed E-state index contributed by atoms with van der Waals surface area (Å²) in [4.78, 5) is 4.27. The number of rotatable bonds is 6. The molecule has 0 saturated heterocycles. The van der Waals surface area contributed by atoms with Crippen LogP contribution in [-0.4, -0.2) is 40.5 Å². The van der Waals surface area contributed by atoms with Gasteiger partial charge < -0.3 is 26.0 Å². The molecule has 0 heterocycles. The van der Waals surface area contributed by atoms with Crippen molar-refractivity contribution in [2.24, 2.45) is 4.99 Å². The number of para-hydroxylation sites is 2. The van der Waals surface area contributed by atoms with Crippen LogP contribution in [0.1, 0.15) is 5.56 Å². The van der Waals surface area contributed by atoms with Gasteiger partial charge in [-0.15, -0.1) is 0 Å². The van der Waals surface area contributed by atoms with Crippen LogP contribution in [0.15, 0.2) is 51.9 Å². The number of aromatic hydroxyl groups is 1. The lowest BCUT2D eigenvalue weighted by molar-refractivity contribution is 0.0982. The van der Waals surface area contributed by atoms with Gasteiger partial charge in [0, 0.05) is 16.6 Å². The Hall–Kier alpha value is -2.16. The highest BCUT2D eigenvalue weighted by Crippen LogP contribution is 2.21. The van der Waals surface area contributed by atoms with Crippen molar-refractivity contribution >= 4 is 27.6 Å². The number of anilines is 1. The first-order chi connectivity index (χ1) is 12.0. The summed E-state index contributed by atoms with van der Waals surface area (Å²) < 4.78 is 14.6. The lowest BCUT2D eigenvalue weighted by Gasteiger charge is -2.15. The number of hydrogen-bond donors (Lipinski definition) is 5. The number of nitrogens with zero attached hydrogens (tertiary/aromatic N) is 1. The molecule has 0 radical (unpaired) electrons. The number of hydrogen-bond acceptors (Lipinski definition) is 4. The lowest BCUT2D eigenvalue weighted by Crippen LogP contribution is -2.38. The van der Waals surface area contributed by atoms with Gasteiger partial charge in [-0.1, -0.05) is 28.1 Å². The molecule has 0 aliphatic rings. The first kappa shape index (κ1) is 19.2. The van der Waals surface area contributed by atoms with Gasteiger partial charge in [0.05, 0.1) is 24.9 Å². The number of aliphatic hydroxyl groups excluding tert-OH is 2. The van der Waals surface area contributed by atoms with Crippen LogP contribution in [0, 0.1) is 5.82 Å². The SMILES string of the molecule is OCC(O)CNC(=NCc1cc(Br)ccc1F)Nc1ccccc1O. The zero-order valence-electron chi connectivity index (χ0n) is 13.3. The molecule has 134 valence electrons.